The van der Waals surface area contributed by atoms with Crippen molar-refractivity contribution in [1.29, 1.82) is 5.26 Å². The van der Waals surface area contributed by atoms with E-state index in [1.54, 1.807) is 25.8 Å². The minimum absolute atomic E-state index is 0.188. The number of rotatable bonds is 4. The van der Waals surface area contributed by atoms with Crippen LogP contribution in [0.15, 0.2) is 24.3 Å². The van der Waals surface area contributed by atoms with Gasteiger partial charge in [-0.2, -0.15) is 5.26 Å². The second-order valence-electron chi connectivity index (χ2n) is 5.87. The van der Waals surface area contributed by atoms with Crippen LogP contribution >= 0.6 is 0 Å². The van der Waals surface area contributed by atoms with E-state index in [0.29, 0.717) is 5.92 Å². The van der Waals surface area contributed by atoms with Gasteiger partial charge in [-0.15, -0.1) is 0 Å². The van der Waals surface area contributed by atoms with Crippen molar-refractivity contribution < 1.29 is 4.79 Å². The van der Waals surface area contributed by atoms with Gasteiger partial charge in [0, 0.05) is 12.7 Å². The van der Waals surface area contributed by atoms with Crippen LogP contribution in [0.3, 0.4) is 0 Å². The molecule has 1 rings (SSSR count). The molecule has 0 bridgehead atoms. The van der Waals surface area contributed by atoms with Crippen molar-refractivity contribution in [3.05, 3.63) is 29.8 Å². The zero-order valence-corrected chi connectivity index (χ0v) is 12.4. The largest absolute Gasteiger partial charge is 0.314 e. The van der Waals surface area contributed by atoms with Crippen LogP contribution in [-0.4, -0.2) is 13.0 Å². The van der Waals surface area contributed by atoms with Gasteiger partial charge in [0.2, 0.25) is 5.91 Å². The number of carbonyl (C=O) groups is 1. The van der Waals surface area contributed by atoms with E-state index >= 15 is 0 Å². The average Bonchev–Trinajstić information content (AvgIpc) is 2.37. The summed E-state index contributed by atoms with van der Waals surface area (Å²) in [7, 11) is 1.71. The van der Waals surface area contributed by atoms with Crippen molar-refractivity contribution in [2.24, 2.45) is 11.3 Å². The molecule has 19 heavy (non-hydrogen) atoms. The summed E-state index contributed by atoms with van der Waals surface area (Å²) >= 11 is 0. The highest BCUT2D eigenvalue weighted by atomic mass is 16.2. The molecule has 0 N–H and O–H groups in total. The molecule has 0 aliphatic rings. The van der Waals surface area contributed by atoms with E-state index in [1.165, 1.54) is 5.56 Å². The van der Waals surface area contributed by atoms with Crippen LogP contribution in [0.2, 0.25) is 0 Å². The van der Waals surface area contributed by atoms with Gasteiger partial charge in [0.25, 0.3) is 0 Å². The topological polar surface area (TPSA) is 44.1 Å². The normalized spacial score (nSPS) is 11.2. The summed E-state index contributed by atoms with van der Waals surface area (Å²) < 4.78 is 0. The van der Waals surface area contributed by atoms with E-state index in [-0.39, 0.29) is 5.91 Å². The number of hydrogen-bond acceptors (Lipinski definition) is 2. The van der Waals surface area contributed by atoms with Crippen LogP contribution in [0.1, 0.15) is 33.3 Å². The number of benzene rings is 1. The van der Waals surface area contributed by atoms with E-state index in [4.69, 9.17) is 5.26 Å². The van der Waals surface area contributed by atoms with E-state index in [2.05, 4.69) is 13.8 Å². The van der Waals surface area contributed by atoms with Crippen molar-refractivity contribution in [3.63, 3.8) is 0 Å². The van der Waals surface area contributed by atoms with E-state index < -0.39 is 5.41 Å². The van der Waals surface area contributed by atoms with Gasteiger partial charge >= 0.3 is 0 Å². The molecule has 1 amide bonds. The quantitative estimate of drug-likeness (QED) is 0.830. The molecule has 0 heterocycles. The monoisotopic (exact) mass is 258 g/mol. The van der Waals surface area contributed by atoms with Crippen molar-refractivity contribution in [2.45, 2.75) is 34.1 Å². The molecule has 102 valence electrons. The molecule has 0 spiro atoms. The lowest BCUT2D eigenvalue weighted by Crippen LogP contribution is -2.37. The van der Waals surface area contributed by atoms with Gasteiger partial charge in [0.1, 0.15) is 5.41 Å². The highest BCUT2D eigenvalue weighted by molar-refractivity contribution is 5.98. The van der Waals surface area contributed by atoms with Crippen LogP contribution in [0.25, 0.3) is 0 Å². The predicted molar refractivity (Wildman–Crippen MR) is 77.8 cm³/mol. The summed E-state index contributed by atoms with van der Waals surface area (Å²) in [6.07, 6.45) is 1.03. The summed E-state index contributed by atoms with van der Waals surface area (Å²) in [5, 5.41) is 9.01. The Bertz CT molecular complexity index is 480. The fraction of sp³-hybridized carbons (Fsp3) is 0.500. The summed E-state index contributed by atoms with van der Waals surface area (Å²) in [4.78, 5) is 13.7. The molecule has 0 atom stereocenters. The van der Waals surface area contributed by atoms with E-state index in [1.807, 2.05) is 30.3 Å². The van der Waals surface area contributed by atoms with Crippen LogP contribution < -0.4 is 4.90 Å². The molecule has 0 aromatic heterocycles. The first-order valence-electron chi connectivity index (χ1n) is 6.56. The van der Waals surface area contributed by atoms with Crippen LogP contribution in [0.5, 0.6) is 0 Å². The van der Waals surface area contributed by atoms with Gasteiger partial charge in [0.15, 0.2) is 0 Å². The molecule has 0 unspecified atom stereocenters. The molecule has 0 saturated heterocycles. The van der Waals surface area contributed by atoms with Crippen LogP contribution in [-0.2, 0) is 11.2 Å². The molecule has 0 aliphatic carbocycles. The molecule has 1 aromatic rings. The van der Waals surface area contributed by atoms with Crippen LogP contribution in [0.4, 0.5) is 5.69 Å². The number of nitrogens with zero attached hydrogens (tertiary/aromatic N) is 2. The number of hydrogen-bond donors (Lipinski definition) is 0. The zero-order chi connectivity index (χ0) is 14.6. The summed E-state index contributed by atoms with van der Waals surface area (Å²) in [5.41, 5.74) is 1.09. The maximum atomic E-state index is 12.2. The zero-order valence-electron chi connectivity index (χ0n) is 12.4. The first kappa shape index (κ1) is 15.2. The first-order chi connectivity index (χ1) is 8.77. The van der Waals surface area contributed by atoms with Crippen molar-refractivity contribution >= 4 is 11.6 Å². The van der Waals surface area contributed by atoms with Gasteiger partial charge in [-0.05, 0) is 43.9 Å². The Balaban J connectivity index is 2.87. The molecule has 3 nitrogen and oxygen atoms in total. The Kier molecular flexibility index (Phi) is 4.72. The standard InChI is InChI=1S/C16H22N2O/c1-12(2)10-13-6-8-14(9-7-13)18(5)15(19)16(3,4)11-17/h6-9,12H,10H2,1-5H3. The van der Waals surface area contributed by atoms with E-state index in [9.17, 15) is 4.79 Å². The molecule has 0 saturated carbocycles. The number of carbonyl (C=O) groups excluding carboxylic acids is 1. The van der Waals surface area contributed by atoms with Gasteiger partial charge in [-0.3, -0.25) is 4.79 Å². The Morgan fingerprint density at radius 3 is 2.26 bits per heavy atom. The average molecular weight is 258 g/mol. The second-order valence-corrected chi connectivity index (χ2v) is 5.87. The maximum absolute atomic E-state index is 12.2. The highest BCUT2D eigenvalue weighted by Crippen LogP contribution is 2.22. The van der Waals surface area contributed by atoms with Gasteiger partial charge < -0.3 is 4.90 Å². The summed E-state index contributed by atoms with van der Waals surface area (Å²) in [6.45, 7) is 7.63. The fourth-order valence-corrected chi connectivity index (χ4v) is 1.91. The number of amides is 1. The van der Waals surface area contributed by atoms with Gasteiger partial charge in [-0.25, -0.2) is 0 Å². The van der Waals surface area contributed by atoms with E-state index in [0.717, 1.165) is 12.1 Å². The minimum Gasteiger partial charge on any atom is -0.314 e. The SMILES string of the molecule is CC(C)Cc1ccc(N(C)C(=O)C(C)(C)C#N)cc1. The molecule has 0 aliphatic heterocycles. The smallest absolute Gasteiger partial charge is 0.246 e. The van der Waals surface area contributed by atoms with Crippen LogP contribution in [0, 0.1) is 22.7 Å². The Morgan fingerprint density at radius 2 is 1.84 bits per heavy atom. The lowest BCUT2D eigenvalue weighted by molar-refractivity contribution is -0.123. The second kappa shape index (κ2) is 5.88. The Morgan fingerprint density at radius 1 is 1.32 bits per heavy atom. The van der Waals surface area contributed by atoms with Crippen molar-refractivity contribution in [3.8, 4) is 6.07 Å². The first-order valence-corrected chi connectivity index (χ1v) is 6.56. The minimum atomic E-state index is -0.995. The van der Waals surface area contributed by atoms with Crippen molar-refractivity contribution in [2.75, 3.05) is 11.9 Å². The van der Waals surface area contributed by atoms with Crippen molar-refractivity contribution in [1.82, 2.24) is 0 Å². The lowest BCUT2D eigenvalue weighted by Gasteiger charge is -2.24. The number of nitriles is 1. The van der Waals surface area contributed by atoms with Gasteiger partial charge in [-0.1, -0.05) is 26.0 Å². The third-order valence-electron chi connectivity index (χ3n) is 3.09. The number of anilines is 1. The fourth-order valence-electron chi connectivity index (χ4n) is 1.91. The molecule has 1 aromatic carbocycles. The third-order valence-corrected chi connectivity index (χ3v) is 3.09. The molecule has 3 heteroatoms. The van der Waals surface area contributed by atoms with Gasteiger partial charge in [0.05, 0.1) is 6.07 Å². The summed E-state index contributed by atoms with van der Waals surface area (Å²) in [6, 6.07) is 9.99. The molecular weight excluding hydrogens is 236 g/mol. The third kappa shape index (κ3) is 3.82. The maximum Gasteiger partial charge on any atom is 0.246 e. The highest BCUT2D eigenvalue weighted by Gasteiger charge is 2.30. The Labute approximate surface area is 115 Å². The lowest BCUT2D eigenvalue weighted by atomic mass is 9.93. The summed E-state index contributed by atoms with van der Waals surface area (Å²) in [5.74, 6) is 0.425. The predicted octanol–water partition coefficient (Wildman–Crippen LogP) is 3.40. The molecular formula is C16H22N2O. The Hall–Kier alpha value is -1.82. The molecule has 0 radical (unpaired) electrons. The molecule has 0 fully saturated rings.